The van der Waals surface area contributed by atoms with Crippen LogP contribution < -0.4 is 11.2 Å². The maximum Gasteiger partial charge on any atom is 0.271 e. The van der Waals surface area contributed by atoms with Crippen LogP contribution in [-0.4, -0.2) is 22.3 Å². The summed E-state index contributed by atoms with van der Waals surface area (Å²) >= 11 is 0. The van der Waals surface area contributed by atoms with Gasteiger partial charge in [-0.3, -0.25) is 4.79 Å². The highest BCUT2D eigenvalue weighted by atomic mass is 16.3. The van der Waals surface area contributed by atoms with Gasteiger partial charge in [-0.05, 0) is 48.0 Å². The summed E-state index contributed by atoms with van der Waals surface area (Å²) in [5.74, 6) is -0.837. The van der Waals surface area contributed by atoms with Crippen molar-refractivity contribution in [3.05, 3.63) is 53.6 Å². The Labute approximate surface area is 115 Å². The van der Waals surface area contributed by atoms with Crippen molar-refractivity contribution in [2.24, 2.45) is 5.10 Å². The van der Waals surface area contributed by atoms with Crippen LogP contribution in [0.3, 0.4) is 0 Å². The van der Waals surface area contributed by atoms with Crippen LogP contribution in [0.5, 0.6) is 11.5 Å². The van der Waals surface area contributed by atoms with Crippen LogP contribution in [0.25, 0.3) is 0 Å². The van der Waals surface area contributed by atoms with Gasteiger partial charge in [0.2, 0.25) is 0 Å². The molecule has 1 amide bonds. The van der Waals surface area contributed by atoms with E-state index in [4.69, 9.17) is 10.8 Å². The van der Waals surface area contributed by atoms with Crippen LogP contribution in [-0.2, 0) is 0 Å². The second-order valence-corrected chi connectivity index (χ2v) is 4.07. The van der Waals surface area contributed by atoms with E-state index in [2.05, 4.69) is 10.5 Å². The van der Waals surface area contributed by atoms with Gasteiger partial charge in [0.1, 0.15) is 0 Å². The molecule has 2 rings (SSSR count). The smallest absolute Gasteiger partial charge is 0.271 e. The Kier molecular flexibility index (Phi) is 3.85. The number of amides is 1. The summed E-state index contributed by atoms with van der Waals surface area (Å²) in [7, 11) is 0. The summed E-state index contributed by atoms with van der Waals surface area (Å²) in [6.45, 7) is 0. The second kappa shape index (κ2) is 5.75. The first-order valence-electron chi connectivity index (χ1n) is 5.77. The Morgan fingerprint density at radius 3 is 2.45 bits per heavy atom. The predicted octanol–water partition coefficient (Wildman–Crippen LogP) is 1.44. The van der Waals surface area contributed by atoms with Crippen molar-refractivity contribution in [1.29, 1.82) is 0 Å². The molecule has 0 aliphatic carbocycles. The molecule has 5 N–H and O–H groups in total. The fraction of sp³-hybridized carbons (Fsp3) is 0. The zero-order valence-electron chi connectivity index (χ0n) is 10.4. The third-order valence-corrected chi connectivity index (χ3v) is 2.55. The molecule has 6 heteroatoms. The standard InChI is InChI=1S/C14H13N3O3/c15-11-4-2-10(3-5-11)14(20)17-16-8-9-1-6-12(18)13(19)7-9/h1-8,18-19H,15H2,(H,17,20). The molecule has 0 bridgehead atoms. The number of aromatic hydroxyl groups is 2. The lowest BCUT2D eigenvalue weighted by atomic mass is 10.2. The molecular formula is C14H13N3O3. The molecule has 2 aromatic rings. The lowest BCUT2D eigenvalue weighted by molar-refractivity contribution is 0.0955. The zero-order valence-corrected chi connectivity index (χ0v) is 10.4. The summed E-state index contributed by atoms with van der Waals surface area (Å²) in [5, 5.41) is 22.2. The summed E-state index contributed by atoms with van der Waals surface area (Å²) in [6.07, 6.45) is 1.36. The normalized spacial score (nSPS) is 10.6. The number of anilines is 1. The number of benzene rings is 2. The predicted molar refractivity (Wildman–Crippen MR) is 75.7 cm³/mol. The average molecular weight is 271 g/mol. The molecule has 0 aromatic heterocycles. The number of nitrogens with zero attached hydrogens (tertiary/aromatic N) is 1. The van der Waals surface area contributed by atoms with Gasteiger partial charge < -0.3 is 15.9 Å². The fourth-order valence-electron chi connectivity index (χ4n) is 1.49. The monoisotopic (exact) mass is 271 g/mol. The van der Waals surface area contributed by atoms with Crippen molar-refractivity contribution in [1.82, 2.24) is 5.43 Å². The van der Waals surface area contributed by atoms with Crippen LogP contribution in [0, 0.1) is 0 Å². The summed E-state index contributed by atoms with van der Waals surface area (Å²) < 4.78 is 0. The van der Waals surface area contributed by atoms with Gasteiger partial charge >= 0.3 is 0 Å². The number of carbonyl (C=O) groups excluding carboxylic acids is 1. The largest absolute Gasteiger partial charge is 0.504 e. The van der Waals surface area contributed by atoms with E-state index < -0.39 is 0 Å². The minimum Gasteiger partial charge on any atom is -0.504 e. The number of phenols is 2. The number of hydrazone groups is 1. The molecule has 102 valence electrons. The number of hydrogen-bond acceptors (Lipinski definition) is 5. The first kappa shape index (κ1) is 13.4. The van der Waals surface area contributed by atoms with Gasteiger partial charge in [0, 0.05) is 11.3 Å². The van der Waals surface area contributed by atoms with Crippen LogP contribution in [0.1, 0.15) is 15.9 Å². The Balaban J connectivity index is 2.00. The molecular weight excluding hydrogens is 258 g/mol. The molecule has 0 radical (unpaired) electrons. The highest BCUT2D eigenvalue weighted by Gasteiger charge is 2.03. The van der Waals surface area contributed by atoms with Crippen LogP contribution in [0.15, 0.2) is 47.6 Å². The number of nitrogens with two attached hydrogens (primary N) is 1. The summed E-state index contributed by atoms with van der Waals surface area (Å²) in [4.78, 5) is 11.7. The van der Waals surface area contributed by atoms with E-state index >= 15 is 0 Å². The third-order valence-electron chi connectivity index (χ3n) is 2.55. The summed E-state index contributed by atoms with van der Waals surface area (Å²) in [5.41, 5.74) is 9.42. The van der Waals surface area contributed by atoms with Gasteiger partial charge in [-0.15, -0.1) is 0 Å². The Morgan fingerprint density at radius 2 is 1.80 bits per heavy atom. The first-order chi connectivity index (χ1) is 9.56. The van der Waals surface area contributed by atoms with E-state index in [0.29, 0.717) is 16.8 Å². The fourth-order valence-corrected chi connectivity index (χ4v) is 1.49. The number of nitrogens with one attached hydrogen (secondary N) is 1. The van der Waals surface area contributed by atoms with Gasteiger partial charge in [-0.2, -0.15) is 5.10 Å². The number of hydrogen-bond donors (Lipinski definition) is 4. The average Bonchev–Trinajstić information content (AvgIpc) is 2.43. The van der Waals surface area contributed by atoms with E-state index in [-0.39, 0.29) is 17.4 Å². The molecule has 6 nitrogen and oxygen atoms in total. The number of nitrogen functional groups attached to an aromatic ring is 1. The van der Waals surface area contributed by atoms with Crippen molar-refractivity contribution >= 4 is 17.8 Å². The maximum absolute atomic E-state index is 11.7. The number of carbonyl (C=O) groups is 1. The molecule has 0 heterocycles. The Hall–Kier alpha value is -3.02. The van der Waals surface area contributed by atoms with Gasteiger partial charge in [-0.1, -0.05) is 0 Å². The quantitative estimate of drug-likeness (QED) is 0.293. The highest BCUT2D eigenvalue weighted by molar-refractivity contribution is 5.95. The molecule has 0 saturated carbocycles. The topological polar surface area (TPSA) is 108 Å². The molecule has 0 atom stereocenters. The Bertz CT molecular complexity index is 651. The minimum atomic E-state index is -0.371. The molecule has 0 fully saturated rings. The molecule has 20 heavy (non-hydrogen) atoms. The molecule has 2 aromatic carbocycles. The lowest BCUT2D eigenvalue weighted by Crippen LogP contribution is -2.17. The van der Waals surface area contributed by atoms with Crippen molar-refractivity contribution in [3.8, 4) is 11.5 Å². The van der Waals surface area contributed by atoms with Crippen LogP contribution >= 0.6 is 0 Å². The molecule has 0 saturated heterocycles. The van der Waals surface area contributed by atoms with Gasteiger partial charge in [0.05, 0.1) is 6.21 Å². The minimum absolute atomic E-state index is 0.215. The van der Waals surface area contributed by atoms with E-state index in [1.165, 1.54) is 18.3 Å². The van der Waals surface area contributed by atoms with Crippen molar-refractivity contribution in [2.75, 3.05) is 5.73 Å². The summed E-state index contributed by atoms with van der Waals surface area (Å²) in [6, 6.07) is 10.6. The SMILES string of the molecule is Nc1ccc(C(=O)NN=Cc2ccc(O)c(O)c2)cc1. The molecule has 0 unspecified atom stereocenters. The lowest BCUT2D eigenvalue weighted by Gasteiger charge is -2.01. The molecule has 0 aliphatic rings. The molecule has 0 aliphatic heterocycles. The van der Waals surface area contributed by atoms with Crippen LogP contribution in [0.2, 0.25) is 0 Å². The zero-order chi connectivity index (χ0) is 14.5. The van der Waals surface area contributed by atoms with Crippen molar-refractivity contribution in [2.45, 2.75) is 0 Å². The van der Waals surface area contributed by atoms with Crippen LogP contribution in [0.4, 0.5) is 5.69 Å². The Morgan fingerprint density at radius 1 is 1.10 bits per heavy atom. The van der Waals surface area contributed by atoms with E-state index in [1.807, 2.05) is 0 Å². The molecule has 0 spiro atoms. The van der Waals surface area contributed by atoms with Crippen molar-refractivity contribution in [3.63, 3.8) is 0 Å². The van der Waals surface area contributed by atoms with Gasteiger partial charge in [0.15, 0.2) is 11.5 Å². The van der Waals surface area contributed by atoms with Gasteiger partial charge in [-0.25, -0.2) is 5.43 Å². The van der Waals surface area contributed by atoms with Crippen molar-refractivity contribution < 1.29 is 15.0 Å². The maximum atomic E-state index is 11.7. The number of phenolic OH excluding ortho intramolecular Hbond substituents is 2. The highest BCUT2D eigenvalue weighted by Crippen LogP contribution is 2.23. The number of rotatable bonds is 3. The van der Waals surface area contributed by atoms with E-state index in [1.54, 1.807) is 30.3 Å². The van der Waals surface area contributed by atoms with Gasteiger partial charge in [0.25, 0.3) is 5.91 Å². The van der Waals surface area contributed by atoms with E-state index in [0.717, 1.165) is 0 Å². The third kappa shape index (κ3) is 3.26. The first-order valence-corrected chi connectivity index (χ1v) is 5.77. The van der Waals surface area contributed by atoms with E-state index in [9.17, 15) is 9.90 Å². The second-order valence-electron chi connectivity index (χ2n) is 4.07.